The highest BCUT2D eigenvalue weighted by Crippen LogP contribution is 2.22. The van der Waals surface area contributed by atoms with Crippen LogP contribution in [0.3, 0.4) is 0 Å². The van der Waals surface area contributed by atoms with Crippen LogP contribution >= 0.6 is 0 Å². The summed E-state index contributed by atoms with van der Waals surface area (Å²) < 4.78 is 32.9. The Bertz CT molecular complexity index is 876. The molecule has 0 spiro atoms. The van der Waals surface area contributed by atoms with Gasteiger partial charge in [0.2, 0.25) is 15.9 Å². The summed E-state index contributed by atoms with van der Waals surface area (Å²) >= 11 is 0. The zero-order valence-corrected chi connectivity index (χ0v) is 16.9. The molecule has 0 unspecified atom stereocenters. The van der Waals surface area contributed by atoms with Gasteiger partial charge in [0, 0.05) is 19.6 Å². The summed E-state index contributed by atoms with van der Waals surface area (Å²) in [5.74, 6) is 0.436. The van der Waals surface area contributed by atoms with Gasteiger partial charge in [0.05, 0.1) is 18.6 Å². The van der Waals surface area contributed by atoms with Crippen LogP contribution in [0.2, 0.25) is 0 Å². The molecular weight excluding hydrogens is 376 g/mol. The number of hydrogen-bond donors (Lipinski definition) is 0. The quantitative estimate of drug-likeness (QED) is 0.714. The van der Waals surface area contributed by atoms with Crippen LogP contribution < -0.4 is 4.74 Å². The van der Waals surface area contributed by atoms with Crippen LogP contribution in [0.1, 0.15) is 24.8 Å². The zero-order valence-electron chi connectivity index (χ0n) is 16.1. The number of benzene rings is 2. The number of rotatable bonds is 7. The zero-order chi connectivity index (χ0) is 20.0. The highest BCUT2D eigenvalue weighted by molar-refractivity contribution is 7.89. The molecule has 28 heavy (non-hydrogen) atoms. The average Bonchev–Trinajstić information content (AvgIpc) is 2.74. The van der Waals surface area contributed by atoms with Crippen molar-refractivity contribution >= 4 is 15.9 Å². The predicted molar refractivity (Wildman–Crippen MR) is 107 cm³/mol. The third-order valence-electron chi connectivity index (χ3n) is 4.92. The van der Waals surface area contributed by atoms with Gasteiger partial charge >= 0.3 is 0 Å². The van der Waals surface area contributed by atoms with Gasteiger partial charge in [-0.05, 0) is 49.1 Å². The minimum Gasteiger partial charge on any atom is -0.497 e. The average molecular weight is 403 g/mol. The van der Waals surface area contributed by atoms with E-state index < -0.39 is 10.0 Å². The Labute approximate surface area is 166 Å². The van der Waals surface area contributed by atoms with E-state index >= 15 is 0 Å². The SMILES string of the molecule is COc1ccc(S(=O)(=O)N(CC(=O)N2CCCCC2)Cc2ccccc2)cc1. The Hall–Kier alpha value is -2.38. The Morgan fingerprint density at radius 1 is 1.00 bits per heavy atom. The van der Waals surface area contributed by atoms with Gasteiger partial charge in [-0.1, -0.05) is 30.3 Å². The lowest BCUT2D eigenvalue weighted by Gasteiger charge is -2.29. The monoisotopic (exact) mass is 402 g/mol. The Morgan fingerprint density at radius 3 is 2.25 bits per heavy atom. The van der Waals surface area contributed by atoms with Crippen LogP contribution in [0.15, 0.2) is 59.5 Å². The van der Waals surface area contributed by atoms with Gasteiger partial charge in [-0.15, -0.1) is 0 Å². The molecule has 6 nitrogen and oxygen atoms in total. The first kappa shape index (κ1) is 20.4. The summed E-state index contributed by atoms with van der Waals surface area (Å²) in [4.78, 5) is 14.7. The summed E-state index contributed by atoms with van der Waals surface area (Å²) in [6, 6.07) is 15.6. The molecule has 150 valence electrons. The van der Waals surface area contributed by atoms with Gasteiger partial charge in [0.25, 0.3) is 0 Å². The Morgan fingerprint density at radius 2 is 1.64 bits per heavy atom. The number of amides is 1. The van der Waals surface area contributed by atoms with Crippen molar-refractivity contribution < 1.29 is 17.9 Å². The molecule has 1 fully saturated rings. The topological polar surface area (TPSA) is 66.9 Å². The first-order valence-electron chi connectivity index (χ1n) is 9.46. The third kappa shape index (κ3) is 4.91. The van der Waals surface area contributed by atoms with E-state index in [-0.39, 0.29) is 23.9 Å². The van der Waals surface area contributed by atoms with Crippen LogP contribution in [0.4, 0.5) is 0 Å². The highest BCUT2D eigenvalue weighted by Gasteiger charge is 2.29. The number of sulfonamides is 1. The van der Waals surface area contributed by atoms with E-state index in [1.54, 1.807) is 17.0 Å². The molecule has 0 radical (unpaired) electrons. The van der Waals surface area contributed by atoms with E-state index in [2.05, 4.69) is 0 Å². The third-order valence-corrected chi connectivity index (χ3v) is 6.73. The van der Waals surface area contributed by atoms with Gasteiger partial charge in [-0.3, -0.25) is 4.79 Å². The number of carbonyl (C=O) groups is 1. The molecule has 0 N–H and O–H groups in total. The molecule has 1 heterocycles. The van der Waals surface area contributed by atoms with E-state index in [9.17, 15) is 13.2 Å². The van der Waals surface area contributed by atoms with Crippen molar-refractivity contribution in [1.82, 2.24) is 9.21 Å². The summed E-state index contributed by atoms with van der Waals surface area (Å²) in [6.45, 7) is 1.37. The number of hydrogen-bond acceptors (Lipinski definition) is 4. The van der Waals surface area contributed by atoms with E-state index in [0.717, 1.165) is 24.8 Å². The van der Waals surface area contributed by atoms with Crippen molar-refractivity contribution in [3.05, 3.63) is 60.2 Å². The van der Waals surface area contributed by atoms with Crippen LogP contribution in [0.25, 0.3) is 0 Å². The molecule has 0 aromatic heterocycles. The molecule has 1 aliphatic heterocycles. The molecule has 2 aromatic carbocycles. The highest BCUT2D eigenvalue weighted by atomic mass is 32.2. The van der Waals surface area contributed by atoms with Gasteiger partial charge < -0.3 is 9.64 Å². The number of carbonyl (C=O) groups excluding carboxylic acids is 1. The van der Waals surface area contributed by atoms with Crippen molar-refractivity contribution in [2.45, 2.75) is 30.7 Å². The van der Waals surface area contributed by atoms with Crippen LogP contribution in [0.5, 0.6) is 5.75 Å². The Balaban J connectivity index is 1.86. The molecule has 2 aromatic rings. The summed E-state index contributed by atoms with van der Waals surface area (Å²) in [7, 11) is -2.30. The minimum atomic E-state index is -3.83. The molecule has 3 rings (SSSR count). The predicted octanol–water partition coefficient (Wildman–Crippen LogP) is 2.90. The van der Waals surface area contributed by atoms with E-state index in [4.69, 9.17) is 4.74 Å². The molecule has 0 saturated carbocycles. The lowest BCUT2D eigenvalue weighted by molar-refractivity contribution is -0.132. The fourth-order valence-corrected chi connectivity index (χ4v) is 4.68. The molecule has 1 aliphatic rings. The van der Waals surface area contributed by atoms with E-state index in [1.807, 2.05) is 30.3 Å². The molecule has 0 bridgehead atoms. The maximum Gasteiger partial charge on any atom is 0.243 e. The number of piperidine rings is 1. The number of methoxy groups -OCH3 is 1. The van der Waals surface area contributed by atoms with Gasteiger partial charge in [-0.25, -0.2) is 8.42 Å². The maximum absolute atomic E-state index is 13.3. The second-order valence-corrected chi connectivity index (χ2v) is 8.81. The first-order valence-corrected chi connectivity index (χ1v) is 10.9. The maximum atomic E-state index is 13.3. The fourth-order valence-electron chi connectivity index (χ4n) is 3.30. The minimum absolute atomic E-state index is 0.146. The Kier molecular flexibility index (Phi) is 6.70. The van der Waals surface area contributed by atoms with E-state index in [1.165, 1.54) is 23.5 Å². The smallest absolute Gasteiger partial charge is 0.243 e. The second kappa shape index (κ2) is 9.21. The summed E-state index contributed by atoms with van der Waals surface area (Å²) in [6.07, 6.45) is 3.05. The van der Waals surface area contributed by atoms with E-state index in [0.29, 0.717) is 18.8 Å². The van der Waals surface area contributed by atoms with Crippen molar-refractivity contribution in [2.75, 3.05) is 26.7 Å². The summed E-state index contributed by atoms with van der Waals surface area (Å²) in [5.41, 5.74) is 0.839. The lowest BCUT2D eigenvalue weighted by Crippen LogP contribution is -2.44. The molecular formula is C21H26N2O4S. The molecule has 1 amide bonds. The van der Waals surface area contributed by atoms with Crippen molar-refractivity contribution in [1.29, 1.82) is 0 Å². The van der Waals surface area contributed by atoms with Crippen LogP contribution in [0, 0.1) is 0 Å². The van der Waals surface area contributed by atoms with Crippen LogP contribution in [-0.4, -0.2) is 50.3 Å². The number of likely N-dealkylation sites (tertiary alicyclic amines) is 1. The van der Waals surface area contributed by atoms with Crippen molar-refractivity contribution in [2.24, 2.45) is 0 Å². The first-order chi connectivity index (χ1) is 13.5. The lowest BCUT2D eigenvalue weighted by atomic mass is 10.1. The van der Waals surface area contributed by atoms with Crippen LogP contribution in [-0.2, 0) is 21.4 Å². The molecule has 0 atom stereocenters. The fraction of sp³-hybridized carbons (Fsp3) is 0.381. The number of nitrogens with zero attached hydrogens (tertiary/aromatic N) is 2. The molecule has 0 aliphatic carbocycles. The standard InChI is InChI=1S/C21H26N2O4S/c1-27-19-10-12-20(13-11-19)28(25,26)23(16-18-8-4-2-5-9-18)17-21(24)22-14-6-3-7-15-22/h2,4-5,8-13H,3,6-7,14-17H2,1H3. The van der Waals surface area contributed by atoms with Gasteiger partial charge in [-0.2, -0.15) is 4.31 Å². The largest absolute Gasteiger partial charge is 0.497 e. The number of ether oxygens (including phenoxy) is 1. The van der Waals surface area contributed by atoms with Gasteiger partial charge in [0.15, 0.2) is 0 Å². The van der Waals surface area contributed by atoms with Crippen molar-refractivity contribution in [3.63, 3.8) is 0 Å². The summed E-state index contributed by atoms with van der Waals surface area (Å²) in [5, 5.41) is 0. The molecule has 7 heteroatoms. The second-order valence-electron chi connectivity index (χ2n) is 6.88. The normalized spacial score (nSPS) is 14.9. The van der Waals surface area contributed by atoms with Crippen molar-refractivity contribution in [3.8, 4) is 5.75 Å². The van der Waals surface area contributed by atoms with Gasteiger partial charge in [0.1, 0.15) is 5.75 Å². The molecule has 1 saturated heterocycles.